The predicted molar refractivity (Wildman–Crippen MR) is 98.9 cm³/mol. The summed E-state index contributed by atoms with van der Waals surface area (Å²) in [6.45, 7) is 7.44. The molecule has 0 fully saturated rings. The van der Waals surface area contributed by atoms with Crippen LogP contribution in [0.15, 0.2) is 63.1 Å². The summed E-state index contributed by atoms with van der Waals surface area (Å²) in [7, 11) is 0. The number of benzene rings is 2. The molecule has 0 atom stereocenters. The monoisotopic (exact) mass is 384 g/mol. The van der Waals surface area contributed by atoms with E-state index in [-0.39, 0.29) is 24.8 Å². The van der Waals surface area contributed by atoms with Crippen LogP contribution < -0.4 is 0 Å². The van der Waals surface area contributed by atoms with Gasteiger partial charge in [-0.1, -0.05) is 0 Å². The Balaban J connectivity index is 0.00000132. The van der Waals surface area contributed by atoms with Crippen LogP contribution in [0.2, 0.25) is 0 Å². The second-order valence-corrected chi connectivity index (χ2v) is 7.43. The molecule has 0 unspecified atom stereocenters. The smallest absolute Gasteiger partial charge is 0.147 e. The summed E-state index contributed by atoms with van der Waals surface area (Å²) >= 11 is -0.462. The minimum absolute atomic E-state index is 0. The van der Waals surface area contributed by atoms with Crippen molar-refractivity contribution < 1.29 is 22.9 Å². The average molecular weight is 385 g/mol. The molecule has 23 heavy (non-hydrogen) atoms. The van der Waals surface area contributed by atoms with E-state index in [1.807, 2.05) is 0 Å². The third-order valence-corrected chi connectivity index (χ3v) is 6.10. The minimum atomic E-state index is -0.462. The number of hydrogen-bond donors (Lipinski definition) is 0. The van der Waals surface area contributed by atoms with Crippen molar-refractivity contribution in [1.82, 2.24) is 0 Å². The van der Waals surface area contributed by atoms with Crippen molar-refractivity contribution in [3.8, 4) is 0 Å². The van der Waals surface area contributed by atoms with Gasteiger partial charge in [0.05, 0.1) is 0 Å². The number of fused-ring (bicyclic) bond motifs is 1. The summed E-state index contributed by atoms with van der Waals surface area (Å²) in [4.78, 5) is 0. The fourth-order valence-corrected chi connectivity index (χ4v) is 4.49. The Morgan fingerprint density at radius 1 is 0.913 bits per heavy atom. The van der Waals surface area contributed by atoms with E-state index < -0.39 is 19.5 Å². The normalized spacial score (nSPS) is 13.9. The molecule has 122 valence electrons. The first-order chi connectivity index (χ1) is 10.2. The maximum Gasteiger partial charge on any atom is -0.147 e. The van der Waals surface area contributed by atoms with Crippen LogP contribution in [0, 0.1) is 0 Å². The average Bonchev–Trinajstić information content (AvgIpc) is 2.75. The van der Waals surface area contributed by atoms with Gasteiger partial charge in [-0.25, -0.2) is 0 Å². The van der Waals surface area contributed by atoms with Crippen LogP contribution in [-0.4, -0.2) is 0 Å². The fraction of sp³-hybridized carbons (Fsp3) is 0.263. The Bertz CT molecular complexity index is 745. The molecule has 0 heterocycles. The Morgan fingerprint density at radius 3 is 2.30 bits per heavy atom. The molecule has 1 aliphatic rings. The summed E-state index contributed by atoms with van der Waals surface area (Å²) in [6.07, 6.45) is 1.13. The molecular formula is C19H22Cl2OTi. The first-order valence-corrected chi connectivity index (χ1v) is 8.79. The molecule has 0 aromatic heterocycles. The molecule has 0 aliphatic heterocycles. The van der Waals surface area contributed by atoms with Crippen LogP contribution in [0.4, 0.5) is 0 Å². The minimum Gasteiger partial charge on any atom is -0.147 e. The third kappa shape index (κ3) is 4.50. The van der Waals surface area contributed by atoms with Gasteiger partial charge in [0.25, 0.3) is 0 Å². The van der Waals surface area contributed by atoms with Crippen LogP contribution in [0.5, 0.6) is 0 Å². The van der Waals surface area contributed by atoms with E-state index >= 15 is 0 Å². The van der Waals surface area contributed by atoms with E-state index in [9.17, 15) is 0 Å². The van der Waals surface area contributed by atoms with Gasteiger partial charge in [-0.2, -0.15) is 0 Å². The van der Waals surface area contributed by atoms with E-state index in [4.69, 9.17) is 3.32 Å². The summed E-state index contributed by atoms with van der Waals surface area (Å²) in [5, 5.41) is 2.61. The zero-order valence-corrected chi connectivity index (χ0v) is 16.9. The van der Waals surface area contributed by atoms with Gasteiger partial charge >= 0.3 is 136 Å². The maximum absolute atomic E-state index is 6.12. The Labute approximate surface area is 160 Å². The van der Waals surface area contributed by atoms with Crippen LogP contribution >= 0.6 is 24.8 Å². The molecule has 0 radical (unpaired) electrons. The van der Waals surface area contributed by atoms with Crippen LogP contribution in [0.25, 0.3) is 10.8 Å². The molecule has 0 saturated carbocycles. The summed E-state index contributed by atoms with van der Waals surface area (Å²) in [6, 6.07) is 15.0. The first kappa shape index (κ1) is 20.5. The molecule has 0 N–H and O–H groups in total. The van der Waals surface area contributed by atoms with Crippen LogP contribution in [0.1, 0.15) is 32.8 Å². The predicted octanol–water partition coefficient (Wildman–Crippen LogP) is 6.21. The van der Waals surface area contributed by atoms with Gasteiger partial charge in [0.1, 0.15) is 0 Å². The second-order valence-electron chi connectivity index (χ2n) is 5.71. The standard InChI is InChI=1S/C11H9O.C8H11.2ClH.Ti/c12-8-10-6-3-5-9-4-1-2-7-11(9)10;1-6-4-5-7(2)8(6)3;;;/h1-7H,8H2;4H2,1-3H3;2*1H;/q-1;;;;+1. The van der Waals surface area contributed by atoms with Crippen molar-refractivity contribution in [2.75, 3.05) is 0 Å². The van der Waals surface area contributed by atoms with E-state index in [1.165, 1.54) is 33.1 Å². The molecule has 4 heteroatoms. The molecule has 1 aliphatic carbocycles. The van der Waals surface area contributed by atoms with Gasteiger partial charge in [0.15, 0.2) is 0 Å². The van der Waals surface area contributed by atoms with E-state index in [0.29, 0.717) is 0 Å². The van der Waals surface area contributed by atoms with E-state index in [2.05, 4.69) is 63.2 Å². The largest absolute Gasteiger partial charge is 0.147 e. The zero-order valence-electron chi connectivity index (χ0n) is 13.7. The molecule has 3 rings (SSSR count). The molecule has 2 aromatic carbocycles. The summed E-state index contributed by atoms with van der Waals surface area (Å²) in [5.41, 5.74) is 5.77. The number of rotatable bonds is 4. The van der Waals surface area contributed by atoms with Crippen molar-refractivity contribution in [2.24, 2.45) is 0 Å². The molecule has 0 amide bonds. The molecule has 1 nitrogen and oxygen atoms in total. The summed E-state index contributed by atoms with van der Waals surface area (Å²) in [5.74, 6) is 0. The Morgan fingerprint density at radius 2 is 1.61 bits per heavy atom. The first-order valence-electron chi connectivity index (χ1n) is 7.37. The Hall–Kier alpha value is -0.566. The maximum atomic E-state index is 6.12. The molecule has 0 saturated heterocycles. The summed E-state index contributed by atoms with van der Waals surface area (Å²) < 4.78 is 7.68. The van der Waals surface area contributed by atoms with Gasteiger partial charge < -0.3 is 0 Å². The number of halogens is 2. The SMILES string of the molecule is CC1=C(C)C(C)=[C]([Ti][O]Cc2cccc3ccccc23)C1.Cl.Cl. The van der Waals surface area contributed by atoms with Crippen molar-refractivity contribution in [3.05, 3.63) is 68.6 Å². The van der Waals surface area contributed by atoms with Crippen molar-refractivity contribution in [3.63, 3.8) is 0 Å². The molecule has 0 bridgehead atoms. The van der Waals surface area contributed by atoms with Crippen LogP contribution in [-0.2, 0) is 29.5 Å². The topological polar surface area (TPSA) is 9.23 Å². The van der Waals surface area contributed by atoms with Gasteiger partial charge in [-0.3, -0.25) is 0 Å². The zero-order chi connectivity index (χ0) is 14.8. The van der Waals surface area contributed by atoms with Gasteiger partial charge in [0, 0.05) is 0 Å². The fourth-order valence-electron chi connectivity index (χ4n) is 2.81. The van der Waals surface area contributed by atoms with E-state index in [0.717, 1.165) is 13.0 Å². The molecule has 0 spiro atoms. The van der Waals surface area contributed by atoms with Crippen molar-refractivity contribution >= 4 is 35.6 Å². The number of allylic oxidation sites excluding steroid dienone is 4. The second kappa shape index (κ2) is 9.06. The van der Waals surface area contributed by atoms with Crippen molar-refractivity contribution in [1.29, 1.82) is 0 Å². The van der Waals surface area contributed by atoms with Crippen molar-refractivity contribution in [2.45, 2.75) is 33.8 Å². The van der Waals surface area contributed by atoms with Gasteiger partial charge in [-0.05, 0) is 0 Å². The number of hydrogen-bond acceptors (Lipinski definition) is 1. The van der Waals surface area contributed by atoms with Crippen LogP contribution in [0.3, 0.4) is 0 Å². The third-order valence-electron chi connectivity index (χ3n) is 4.40. The molecule has 2 aromatic rings. The van der Waals surface area contributed by atoms with E-state index in [1.54, 1.807) is 3.88 Å². The van der Waals surface area contributed by atoms with Gasteiger partial charge in [0.2, 0.25) is 0 Å². The Kier molecular flexibility index (Phi) is 8.06. The quantitative estimate of drug-likeness (QED) is 0.569. The van der Waals surface area contributed by atoms with Gasteiger partial charge in [-0.15, -0.1) is 24.8 Å². The molecular weight excluding hydrogens is 363 g/mol.